The molecule has 2 aromatic carbocycles. The third-order valence-electron chi connectivity index (χ3n) is 3.85. The molecular weight excluding hydrogens is 414 g/mol. The monoisotopic (exact) mass is 427 g/mol. The maximum Gasteiger partial charge on any atom is 0.261 e. The van der Waals surface area contributed by atoms with Crippen LogP contribution in [0.4, 0.5) is 5.69 Å². The standard InChI is InChI=1S/C19H14ClN5O3S/c20-14-1-7-17(8-2-14)29(26,27)24-15-3-5-16(6-4-15)28-19-11-18(22-12-23-19)25-10-9-21-13-25/h1-13,24H. The Balaban J connectivity index is 1.47. The van der Waals surface area contributed by atoms with Gasteiger partial charge in [-0.1, -0.05) is 11.6 Å². The quantitative estimate of drug-likeness (QED) is 0.501. The number of imidazole rings is 1. The summed E-state index contributed by atoms with van der Waals surface area (Å²) in [5.74, 6) is 1.45. The summed E-state index contributed by atoms with van der Waals surface area (Å²) in [6.07, 6.45) is 6.41. The fourth-order valence-electron chi connectivity index (χ4n) is 2.46. The molecule has 2 aromatic heterocycles. The predicted molar refractivity (Wildman–Crippen MR) is 108 cm³/mol. The Morgan fingerprint density at radius 2 is 1.76 bits per heavy atom. The molecule has 4 aromatic rings. The summed E-state index contributed by atoms with van der Waals surface area (Å²) in [7, 11) is -3.71. The average Bonchev–Trinajstić information content (AvgIpc) is 3.25. The molecule has 4 rings (SSSR count). The molecule has 0 aliphatic carbocycles. The molecule has 29 heavy (non-hydrogen) atoms. The van der Waals surface area contributed by atoms with Crippen LogP contribution < -0.4 is 9.46 Å². The number of nitrogens with zero attached hydrogens (tertiary/aromatic N) is 4. The lowest BCUT2D eigenvalue weighted by atomic mass is 10.3. The number of anilines is 1. The van der Waals surface area contributed by atoms with E-state index in [4.69, 9.17) is 16.3 Å². The van der Waals surface area contributed by atoms with E-state index >= 15 is 0 Å². The summed E-state index contributed by atoms with van der Waals surface area (Å²) >= 11 is 5.80. The highest BCUT2D eigenvalue weighted by Gasteiger charge is 2.14. The minimum Gasteiger partial charge on any atom is -0.439 e. The molecule has 146 valence electrons. The van der Waals surface area contributed by atoms with Gasteiger partial charge in [0.25, 0.3) is 10.0 Å². The first-order valence-corrected chi connectivity index (χ1v) is 10.2. The number of aromatic nitrogens is 4. The highest BCUT2D eigenvalue weighted by molar-refractivity contribution is 7.92. The van der Waals surface area contributed by atoms with Gasteiger partial charge < -0.3 is 4.74 Å². The molecule has 2 heterocycles. The molecule has 0 fully saturated rings. The topological polar surface area (TPSA) is 99.0 Å². The molecule has 0 saturated carbocycles. The van der Waals surface area contributed by atoms with Gasteiger partial charge >= 0.3 is 0 Å². The zero-order chi connectivity index (χ0) is 20.3. The fourth-order valence-corrected chi connectivity index (χ4v) is 3.65. The molecule has 0 radical (unpaired) electrons. The first-order chi connectivity index (χ1) is 14.0. The van der Waals surface area contributed by atoms with Gasteiger partial charge in [0.15, 0.2) is 0 Å². The highest BCUT2D eigenvalue weighted by atomic mass is 35.5. The van der Waals surface area contributed by atoms with Gasteiger partial charge in [0.1, 0.15) is 24.2 Å². The Bertz CT molecular complexity index is 1210. The van der Waals surface area contributed by atoms with E-state index < -0.39 is 10.0 Å². The number of hydrogen-bond donors (Lipinski definition) is 1. The molecule has 0 aliphatic rings. The Kier molecular flexibility index (Phi) is 5.15. The maximum absolute atomic E-state index is 12.4. The second-order valence-corrected chi connectivity index (χ2v) is 7.99. The Hall–Kier alpha value is -3.43. The van der Waals surface area contributed by atoms with Crippen molar-refractivity contribution in [2.24, 2.45) is 0 Å². The summed E-state index contributed by atoms with van der Waals surface area (Å²) in [4.78, 5) is 12.3. The average molecular weight is 428 g/mol. The van der Waals surface area contributed by atoms with Crippen molar-refractivity contribution in [1.82, 2.24) is 19.5 Å². The lowest BCUT2D eigenvalue weighted by Crippen LogP contribution is -2.12. The molecule has 10 heteroatoms. The molecule has 0 spiro atoms. The molecule has 1 N–H and O–H groups in total. The van der Waals surface area contributed by atoms with Crippen LogP contribution in [0.2, 0.25) is 5.02 Å². The van der Waals surface area contributed by atoms with Crippen LogP contribution in [0.15, 0.2) is 84.5 Å². The normalized spacial score (nSPS) is 11.2. The fraction of sp³-hybridized carbons (Fsp3) is 0. The minimum atomic E-state index is -3.71. The highest BCUT2D eigenvalue weighted by Crippen LogP contribution is 2.24. The minimum absolute atomic E-state index is 0.121. The molecule has 0 amide bonds. The molecule has 0 saturated heterocycles. The van der Waals surface area contributed by atoms with E-state index in [0.717, 1.165) is 0 Å². The number of benzene rings is 2. The van der Waals surface area contributed by atoms with Crippen molar-refractivity contribution in [1.29, 1.82) is 0 Å². The summed E-state index contributed by atoms with van der Waals surface area (Å²) in [5, 5.41) is 0.464. The predicted octanol–water partition coefficient (Wildman–Crippen LogP) is 3.91. The van der Waals surface area contributed by atoms with Crippen molar-refractivity contribution in [3.05, 3.63) is 84.7 Å². The largest absolute Gasteiger partial charge is 0.439 e. The summed E-state index contributed by atoms with van der Waals surface area (Å²) in [6, 6.07) is 14.1. The Morgan fingerprint density at radius 1 is 1.00 bits per heavy atom. The number of rotatable bonds is 6. The smallest absolute Gasteiger partial charge is 0.261 e. The van der Waals surface area contributed by atoms with Crippen molar-refractivity contribution in [2.75, 3.05) is 4.72 Å². The van der Waals surface area contributed by atoms with Crippen molar-refractivity contribution in [3.63, 3.8) is 0 Å². The third-order valence-corrected chi connectivity index (χ3v) is 5.50. The lowest BCUT2D eigenvalue weighted by molar-refractivity contribution is 0.461. The molecule has 8 nitrogen and oxygen atoms in total. The summed E-state index contributed by atoms with van der Waals surface area (Å²) in [5.41, 5.74) is 0.397. The molecule has 0 atom stereocenters. The van der Waals surface area contributed by atoms with Crippen LogP contribution in [0.5, 0.6) is 11.6 Å². The first-order valence-electron chi connectivity index (χ1n) is 8.36. The summed E-state index contributed by atoms with van der Waals surface area (Å²) < 4.78 is 34.8. The molecular formula is C19H14ClN5O3S. The van der Waals surface area contributed by atoms with E-state index in [9.17, 15) is 8.42 Å². The van der Waals surface area contributed by atoms with Crippen LogP contribution in [0.1, 0.15) is 0 Å². The Morgan fingerprint density at radius 3 is 2.45 bits per heavy atom. The van der Waals surface area contributed by atoms with E-state index in [1.54, 1.807) is 53.6 Å². The van der Waals surface area contributed by atoms with Gasteiger partial charge in [-0.2, -0.15) is 0 Å². The van der Waals surface area contributed by atoms with Gasteiger partial charge in [-0.25, -0.2) is 23.4 Å². The molecule has 0 aliphatic heterocycles. The van der Waals surface area contributed by atoms with E-state index in [2.05, 4.69) is 19.7 Å². The Labute approximate surface area is 171 Å². The zero-order valence-corrected chi connectivity index (χ0v) is 16.4. The van der Waals surface area contributed by atoms with Crippen LogP contribution in [-0.2, 0) is 10.0 Å². The van der Waals surface area contributed by atoms with E-state index in [0.29, 0.717) is 28.2 Å². The number of hydrogen-bond acceptors (Lipinski definition) is 6. The van der Waals surface area contributed by atoms with Gasteiger partial charge in [0.05, 0.1) is 4.90 Å². The lowest BCUT2D eigenvalue weighted by Gasteiger charge is -2.10. The number of nitrogens with one attached hydrogen (secondary N) is 1. The van der Waals surface area contributed by atoms with E-state index in [1.165, 1.54) is 30.6 Å². The first kappa shape index (κ1) is 18.9. The van der Waals surface area contributed by atoms with Crippen LogP contribution in [0, 0.1) is 0 Å². The second-order valence-electron chi connectivity index (χ2n) is 5.87. The van der Waals surface area contributed by atoms with Gasteiger partial charge in [-0.05, 0) is 48.5 Å². The number of halogens is 1. The zero-order valence-electron chi connectivity index (χ0n) is 14.8. The SMILES string of the molecule is O=S(=O)(Nc1ccc(Oc2cc(-n3ccnc3)ncn2)cc1)c1ccc(Cl)cc1. The van der Waals surface area contributed by atoms with Crippen molar-refractivity contribution >= 4 is 27.3 Å². The van der Waals surface area contributed by atoms with E-state index in [1.807, 2.05) is 0 Å². The molecule has 0 unspecified atom stereocenters. The van der Waals surface area contributed by atoms with Crippen molar-refractivity contribution in [2.45, 2.75) is 4.90 Å². The van der Waals surface area contributed by atoms with Crippen molar-refractivity contribution < 1.29 is 13.2 Å². The van der Waals surface area contributed by atoms with Gasteiger partial charge in [0, 0.05) is 29.2 Å². The van der Waals surface area contributed by atoms with Gasteiger partial charge in [-0.15, -0.1) is 0 Å². The van der Waals surface area contributed by atoms with Gasteiger partial charge in [0.2, 0.25) is 5.88 Å². The van der Waals surface area contributed by atoms with Crippen LogP contribution >= 0.6 is 11.6 Å². The second kappa shape index (κ2) is 7.90. The third kappa shape index (κ3) is 4.53. The number of sulfonamides is 1. The van der Waals surface area contributed by atoms with Crippen molar-refractivity contribution in [3.8, 4) is 17.4 Å². The van der Waals surface area contributed by atoms with Crippen LogP contribution in [0.3, 0.4) is 0 Å². The van der Waals surface area contributed by atoms with Crippen LogP contribution in [0.25, 0.3) is 5.82 Å². The van der Waals surface area contributed by atoms with Crippen LogP contribution in [-0.4, -0.2) is 27.9 Å². The van der Waals surface area contributed by atoms with E-state index in [-0.39, 0.29) is 4.90 Å². The van der Waals surface area contributed by atoms with Gasteiger partial charge in [-0.3, -0.25) is 9.29 Å². The number of ether oxygens (including phenoxy) is 1. The maximum atomic E-state index is 12.4. The summed E-state index contributed by atoms with van der Waals surface area (Å²) in [6.45, 7) is 0. The molecule has 0 bridgehead atoms.